The van der Waals surface area contributed by atoms with E-state index in [0.717, 1.165) is 6.42 Å². The van der Waals surface area contributed by atoms with Crippen LogP contribution in [-0.4, -0.2) is 43.8 Å². The predicted molar refractivity (Wildman–Crippen MR) is 82.8 cm³/mol. The molecule has 0 unspecified atom stereocenters. The van der Waals surface area contributed by atoms with Crippen molar-refractivity contribution < 1.29 is 14.3 Å². The number of hydrogen-bond donors (Lipinski definition) is 1. The van der Waals surface area contributed by atoms with Crippen molar-refractivity contribution in [1.29, 1.82) is 0 Å². The SMILES string of the molecule is COc1ccccc1NC(=O)N1CCOC[C@H]1CC(C)C. The van der Waals surface area contributed by atoms with Crippen molar-refractivity contribution in [3.8, 4) is 5.75 Å². The molecule has 0 aromatic heterocycles. The maximum absolute atomic E-state index is 12.5. The Morgan fingerprint density at radius 3 is 2.95 bits per heavy atom. The molecule has 0 spiro atoms. The number of amides is 2. The summed E-state index contributed by atoms with van der Waals surface area (Å²) in [4.78, 5) is 14.4. The highest BCUT2D eigenvalue weighted by atomic mass is 16.5. The van der Waals surface area contributed by atoms with Gasteiger partial charge in [-0.25, -0.2) is 4.79 Å². The van der Waals surface area contributed by atoms with Crippen LogP contribution in [0.3, 0.4) is 0 Å². The average Bonchev–Trinajstić information content (AvgIpc) is 2.47. The molecule has 0 radical (unpaired) electrons. The number of carbonyl (C=O) groups is 1. The third kappa shape index (κ3) is 4.11. The van der Waals surface area contributed by atoms with Crippen molar-refractivity contribution in [2.75, 3.05) is 32.2 Å². The quantitative estimate of drug-likeness (QED) is 0.928. The lowest BCUT2D eigenvalue weighted by atomic mass is 10.0. The minimum atomic E-state index is -0.0894. The molecule has 1 aliphatic heterocycles. The molecule has 2 amide bonds. The van der Waals surface area contributed by atoms with Crippen LogP contribution < -0.4 is 10.1 Å². The molecular formula is C16H24N2O3. The number of anilines is 1. The molecule has 5 heteroatoms. The second-order valence-electron chi connectivity index (χ2n) is 5.68. The number of nitrogens with zero attached hydrogens (tertiary/aromatic N) is 1. The smallest absolute Gasteiger partial charge is 0.322 e. The summed E-state index contributed by atoms with van der Waals surface area (Å²) in [6, 6.07) is 7.48. The van der Waals surface area contributed by atoms with Crippen LogP contribution in [0.4, 0.5) is 10.5 Å². The normalized spacial score (nSPS) is 18.7. The molecule has 0 saturated carbocycles. The zero-order valence-electron chi connectivity index (χ0n) is 13.0. The molecule has 1 aliphatic rings. The fraction of sp³-hybridized carbons (Fsp3) is 0.562. The van der Waals surface area contributed by atoms with Crippen LogP contribution in [0.2, 0.25) is 0 Å². The van der Waals surface area contributed by atoms with E-state index in [1.807, 2.05) is 29.2 Å². The maximum Gasteiger partial charge on any atom is 0.322 e. The fourth-order valence-electron chi connectivity index (χ4n) is 2.60. The first-order valence-electron chi connectivity index (χ1n) is 7.40. The highest BCUT2D eigenvalue weighted by molar-refractivity contribution is 5.91. The zero-order chi connectivity index (χ0) is 15.2. The minimum Gasteiger partial charge on any atom is -0.495 e. The van der Waals surface area contributed by atoms with Crippen molar-refractivity contribution >= 4 is 11.7 Å². The first-order chi connectivity index (χ1) is 10.1. The number of ether oxygens (including phenoxy) is 2. The van der Waals surface area contributed by atoms with Gasteiger partial charge in [-0.05, 0) is 24.5 Å². The number of urea groups is 1. The lowest BCUT2D eigenvalue weighted by Gasteiger charge is -2.36. The number of morpholine rings is 1. The highest BCUT2D eigenvalue weighted by Gasteiger charge is 2.28. The first-order valence-corrected chi connectivity index (χ1v) is 7.40. The maximum atomic E-state index is 12.5. The van der Waals surface area contributed by atoms with E-state index in [-0.39, 0.29) is 12.1 Å². The van der Waals surface area contributed by atoms with E-state index in [0.29, 0.717) is 37.1 Å². The molecule has 21 heavy (non-hydrogen) atoms. The van der Waals surface area contributed by atoms with Crippen LogP contribution in [0.1, 0.15) is 20.3 Å². The first kappa shape index (κ1) is 15.6. The predicted octanol–water partition coefficient (Wildman–Crippen LogP) is 2.97. The molecule has 1 fully saturated rings. The molecule has 1 atom stereocenters. The van der Waals surface area contributed by atoms with E-state index in [1.54, 1.807) is 7.11 Å². The minimum absolute atomic E-state index is 0.0894. The standard InChI is InChI=1S/C16H24N2O3/c1-12(2)10-13-11-21-9-8-18(13)16(19)17-14-6-4-5-7-15(14)20-3/h4-7,12-13H,8-11H2,1-3H3,(H,17,19)/t13-/m1/s1. The van der Waals surface area contributed by atoms with Crippen LogP contribution in [0.25, 0.3) is 0 Å². The van der Waals surface area contributed by atoms with E-state index >= 15 is 0 Å². The number of benzene rings is 1. The Hall–Kier alpha value is -1.75. The van der Waals surface area contributed by atoms with Gasteiger partial charge in [0.25, 0.3) is 0 Å². The number of carbonyl (C=O) groups excluding carboxylic acids is 1. The Balaban J connectivity index is 2.06. The summed E-state index contributed by atoms with van der Waals surface area (Å²) in [6.07, 6.45) is 0.944. The van der Waals surface area contributed by atoms with E-state index in [4.69, 9.17) is 9.47 Å². The van der Waals surface area contributed by atoms with Gasteiger partial charge in [0.05, 0.1) is 32.1 Å². The van der Waals surface area contributed by atoms with Crippen LogP contribution in [-0.2, 0) is 4.74 Å². The Kier molecular flexibility index (Phi) is 5.44. The van der Waals surface area contributed by atoms with Gasteiger partial charge in [-0.15, -0.1) is 0 Å². The van der Waals surface area contributed by atoms with Gasteiger partial charge in [0.1, 0.15) is 5.75 Å². The molecular weight excluding hydrogens is 268 g/mol. The van der Waals surface area contributed by atoms with Crippen molar-refractivity contribution in [1.82, 2.24) is 4.90 Å². The van der Waals surface area contributed by atoms with E-state index in [1.165, 1.54) is 0 Å². The van der Waals surface area contributed by atoms with Gasteiger partial charge >= 0.3 is 6.03 Å². The number of nitrogens with one attached hydrogen (secondary N) is 1. The van der Waals surface area contributed by atoms with Gasteiger partial charge < -0.3 is 19.7 Å². The lowest BCUT2D eigenvalue weighted by molar-refractivity contribution is 0.00856. The third-order valence-corrected chi connectivity index (χ3v) is 3.58. The monoisotopic (exact) mass is 292 g/mol. The van der Waals surface area contributed by atoms with Gasteiger partial charge in [0, 0.05) is 6.54 Å². The summed E-state index contributed by atoms with van der Waals surface area (Å²) >= 11 is 0. The fourth-order valence-corrected chi connectivity index (χ4v) is 2.60. The number of rotatable bonds is 4. The van der Waals surface area contributed by atoms with Crippen LogP contribution in [0, 0.1) is 5.92 Å². The van der Waals surface area contributed by atoms with E-state index in [2.05, 4.69) is 19.2 Å². The summed E-state index contributed by atoms with van der Waals surface area (Å²) in [7, 11) is 1.60. The highest BCUT2D eigenvalue weighted by Crippen LogP contribution is 2.24. The molecule has 0 bridgehead atoms. The summed E-state index contributed by atoms with van der Waals surface area (Å²) in [5.41, 5.74) is 0.694. The molecule has 0 aliphatic carbocycles. The molecule has 1 N–H and O–H groups in total. The number of methoxy groups -OCH3 is 1. The summed E-state index contributed by atoms with van der Waals surface area (Å²) in [5, 5.41) is 2.94. The zero-order valence-corrected chi connectivity index (χ0v) is 13.0. The van der Waals surface area contributed by atoms with Crippen LogP contribution in [0.5, 0.6) is 5.75 Å². The van der Waals surface area contributed by atoms with Gasteiger partial charge in [-0.2, -0.15) is 0 Å². The van der Waals surface area contributed by atoms with E-state index < -0.39 is 0 Å². The largest absolute Gasteiger partial charge is 0.495 e. The molecule has 1 aromatic carbocycles. The Morgan fingerprint density at radius 2 is 2.24 bits per heavy atom. The van der Waals surface area contributed by atoms with Gasteiger partial charge in [-0.3, -0.25) is 0 Å². The van der Waals surface area contributed by atoms with Crippen LogP contribution >= 0.6 is 0 Å². The lowest BCUT2D eigenvalue weighted by Crippen LogP contribution is -2.50. The third-order valence-electron chi connectivity index (χ3n) is 3.58. The molecule has 1 aromatic rings. The Bertz CT molecular complexity index is 476. The number of hydrogen-bond acceptors (Lipinski definition) is 3. The van der Waals surface area contributed by atoms with Gasteiger partial charge in [-0.1, -0.05) is 26.0 Å². The molecule has 5 nitrogen and oxygen atoms in total. The topological polar surface area (TPSA) is 50.8 Å². The Morgan fingerprint density at radius 1 is 1.48 bits per heavy atom. The van der Waals surface area contributed by atoms with Crippen LogP contribution in [0.15, 0.2) is 24.3 Å². The molecule has 116 valence electrons. The van der Waals surface area contributed by atoms with Crippen molar-refractivity contribution in [2.45, 2.75) is 26.3 Å². The second kappa shape index (κ2) is 7.31. The summed E-state index contributed by atoms with van der Waals surface area (Å²) in [6.45, 7) is 6.14. The van der Waals surface area contributed by atoms with Crippen molar-refractivity contribution in [3.05, 3.63) is 24.3 Å². The Labute approximate surface area is 126 Å². The second-order valence-corrected chi connectivity index (χ2v) is 5.68. The molecule has 1 heterocycles. The van der Waals surface area contributed by atoms with Gasteiger partial charge in [0.2, 0.25) is 0 Å². The van der Waals surface area contributed by atoms with Crippen molar-refractivity contribution in [2.24, 2.45) is 5.92 Å². The number of para-hydroxylation sites is 2. The van der Waals surface area contributed by atoms with Crippen molar-refractivity contribution in [3.63, 3.8) is 0 Å². The summed E-state index contributed by atoms with van der Waals surface area (Å²) < 4.78 is 10.8. The van der Waals surface area contributed by atoms with E-state index in [9.17, 15) is 4.79 Å². The average molecular weight is 292 g/mol. The molecule has 2 rings (SSSR count). The van der Waals surface area contributed by atoms with Gasteiger partial charge in [0.15, 0.2) is 0 Å². The summed E-state index contributed by atoms with van der Waals surface area (Å²) in [5.74, 6) is 1.19. The molecule has 1 saturated heterocycles.